The van der Waals surface area contributed by atoms with Crippen molar-refractivity contribution in [2.45, 2.75) is 13.5 Å². The molecule has 4 heteroatoms. The molecular formula is C21H21NO3. The van der Waals surface area contributed by atoms with Gasteiger partial charge in [0.05, 0.1) is 6.61 Å². The van der Waals surface area contributed by atoms with Crippen molar-refractivity contribution in [3.8, 4) is 5.75 Å². The molecule has 0 atom stereocenters. The van der Waals surface area contributed by atoms with E-state index in [1.165, 1.54) is 6.08 Å². The van der Waals surface area contributed by atoms with Gasteiger partial charge in [-0.1, -0.05) is 30.3 Å². The van der Waals surface area contributed by atoms with Crippen molar-refractivity contribution >= 4 is 22.9 Å². The van der Waals surface area contributed by atoms with Crippen LogP contribution in [0, 0.1) is 0 Å². The molecule has 0 aliphatic rings. The van der Waals surface area contributed by atoms with Crippen molar-refractivity contribution in [2.75, 3.05) is 6.61 Å². The van der Waals surface area contributed by atoms with Gasteiger partial charge >= 0.3 is 5.97 Å². The van der Waals surface area contributed by atoms with Crippen LogP contribution in [0.2, 0.25) is 0 Å². The van der Waals surface area contributed by atoms with E-state index in [-0.39, 0.29) is 5.97 Å². The standard InChI is InChI=1S/C21H21NO3/c1-3-24-21(23)12-9-18-13-17-14-19(10-11-20(17)22(18)2)25-15-16-7-5-4-6-8-16/h4-14H,3,15H2,1-2H3/b12-9+. The number of carbonyl (C=O) groups is 1. The SMILES string of the molecule is CCOC(=O)/C=C/c1cc2cc(OCc3ccccc3)ccc2n1C. The quantitative estimate of drug-likeness (QED) is 0.497. The van der Waals surface area contributed by atoms with Crippen molar-refractivity contribution in [3.63, 3.8) is 0 Å². The molecule has 3 aromatic rings. The molecule has 3 rings (SSSR count). The fraction of sp³-hybridized carbons (Fsp3) is 0.190. The summed E-state index contributed by atoms with van der Waals surface area (Å²) in [5.41, 5.74) is 3.15. The lowest BCUT2D eigenvalue weighted by Crippen LogP contribution is -1.99. The lowest BCUT2D eigenvalue weighted by Gasteiger charge is -2.06. The summed E-state index contributed by atoms with van der Waals surface area (Å²) in [6.07, 6.45) is 3.22. The Morgan fingerprint density at radius 1 is 1.12 bits per heavy atom. The molecule has 0 spiro atoms. The van der Waals surface area contributed by atoms with Crippen molar-refractivity contribution in [1.82, 2.24) is 4.57 Å². The molecule has 4 nitrogen and oxygen atoms in total. The zero-order valence-electron chi connectivity index (χ0n) is 14.4. The Bertz CT molecular complexity index is 894. The Balaban J connectivity index is 1.77. The zero-order chi connectivity index (χ0) is 17.6. The third-order valence-corrected chi connectivity index (χ3v) is 3.98. The summed E-state index contributed by atoms with van der Waals surface area (Å²) in [6, 6.07) is 18.1. The lowest BCUT2D eigenvalue weighted by atomic mass is 10.2. The Morgan fingerprint density at radius 3 is 2.68 bits per heavy atom. The van der Waals surface area contributed by atoms with Gasteiger partial charge in [0.15, 0.2) is 0 Å². The van der Waals surface area contributed by atoms with Crippen LogP contribution in [0.25, 0.3) is 17.0 Å². The molecule has 0 fully saturated rings. The molecule has 1 aromatic heterocycles. The van der Waals surface area contributed by atoms with Crippen LogP contribution < -0.4 is 4.74 Å². The van der Waals surface area contributed by atoms with Gasteiger partial charge < -0.3 is 14.0 Å². The first kappa shape index (κ1) is 16.8. The Kier molecular flexibility index (Phi) is 5.19. The highest BCUT2D eigenvalue weighted by Gasteiger charge is 2.06. The molecule has 0 N–H and O–H groups in total. The van der Waals surface area contributed by atoms with Gasteiger partial charge in [0.1, 0.15) is 12.4 Å². The highest BCUT2D eigenvalue weighted by Crippen LogP contribution is 2.25. The van der Waals surface area contributed by atoms with Gasteiger partial charge in [-0.3, -0.25) is 0 Å². The van der Waals surface area contributed by atoms with E-state index in [2.05, 4.69) is 0 Å². The fourth-order valence-corrected chi connectivity index (χ4v) is 2.68. The number of benzene rings is 2. The molecule has 0 amide bonds. The van der Waals surface area contributed by atoms with Crippen LogP contribution >= 0.6 is 0 Å². The van der Waals surface area contributed by atoms with E-state index >= 15 is 0 Å². The second-order valence-electron chi connectivity index (χ2n) is 5.71. The molecule has 2 aromatic carbocycles. The van der Waals surface area contributed by atoms with Crippen LogP contribution in [-0.2, 0) is 23.2 Å². The molecule has 0 saturated carbocycles. The normalized spacial score (nSPS) is 11.1. The fourth-order valence-electron chi connectivity index (χ4n) is 2.68. The van der Waals surface area contributed by atoms with Gasteiger partial charge in [0.25, 0.3) is 0 Å². The number of carbonyl (C=O) groups excluding carboxylic acids is 1. The van der Waals surface area contributed by atoms with Crippen LogP contribution in [0.4, 0.5) is 0 Å². The average Bonchev–Trinajstić information content (AvgIpc) is 2.95. The Labute approximate surface area is 147 Å². The number of aryl methyl sites for hydroxylation is 1. The van der Waals surface area contributed by atoms with Crippen molar-refractivity contribution in [1.29, 1.82) is 0 Å². The van der Waals surface area contributed by atoms with E-state index in [0.717, 1.165) is 27.9 Å². The third kappa shape index (κ3) is 4.10. The molecule has 0 aliphatic heterocycles. The second kappa shape index (κ2) is 7.71. The maximum absolute atomic E-state index is 11.5. The van der Waals surface area contributed by atoms with Gasteiger partial charge in [-0.25, -0.2) is 4.79 Å². The predicted molar refractivity (Wildman–Crippen MR) is 99.4 cm³/mol. The number of ether oxygens (including phenoxy) is 2. The van der Waals surface area contributed by atoms with E-state index < -0.39 is 0 Å². The summed E-state index contributed by atoms with van der Waals surface area (Å²) in [4.78, 5) is 11.5. The number of nitrogens with zero attached hydrogens (tertiary/aromatic N) is 1. The summed E-state index contributed by atoms with van der Waals surface area (Å²) < 4.78 is 12.8. The summed E-state index contributed by atoms with van der Waals surface area (Å²) in [5, 5.41) is 1.07. The van der Waals surface area contributed by atoms with E-state index in [1.54, 1.807) is 13.0 Å². The Hall–Kier alpha value is -3.01. The summed E-state index contributed by atoms with van der Waals surface area (Å²) in [5.74, 6) is 0.488. The minimum Gasteiger partial charge on any atom is -0.489 e. The molecule has 0 bridgehead atoms. The van der Waals surface area contributed by atoms with Crippen molar-refractivity contribution < 1.29 is 14.3 Å². The minimum absolute atomic E-state index is 0.334. The van der Waals surface area contributed by atoms with Crippen LogP contribution in [0.1, 0.15) is 18.2 Å². The average molecular weight is 335 g/mol. The van der Waals surface area contributed by atoms with Gasteiger partial charge in [-0.2, -0.15) is 0 Å². The van der Waals surface area contributed by atoms with Gasteiger partial charge in [-0.15, -0.1) is 0 Å². The maximum atomic E-state index is 11.5. The molecule has 25 heavy (non-hydrogen) atoms. The van der Waals surface area contributed by atoms with E-state index in [9.17, 15) is 4.79 Å². The minimum atomic E-state index is -0.334. The second-order valence-corrected chi connectivity index (χ2v) is 5.71. The number of aromatic nitrogens is 1. The highest BCUT2D eigenvalue weighted by atomic mass is 16.5. The number of rotatable bonds is 6. The van der Waals surface area contributed by atoms with Crippen LogP contribution in [-0.4, -0.2) is 17.1 Å². The van der Waals surface area contributed by atoms with Gasteiger partial charge in [0.2, 0.25) is 0 Å². The summed E-state index contributed by atoms with van der Waals surface area (Å²) >= 11 is 0. The number of esters is 1. The molecule has 128 valence electrons. The number of fused-ring (bicyclic) bond motifs is 1. The molecule has 0 aliphatic carbocycles. The molecule has 0 unspecified atom stereocenters. The van der Waals surface area contributed by atoms with Gasteiger partial charge in [0, 0.05) is 29.7 Å². The van der Waals surface area contributed by atoms with E-state index in [1.807, 2.05) is 66.2 Å². The zero-order valence-corrected chi connectivity index (χ0v) is 14.4. The molecular weight excluding hydrogens is 314 g/mol. The van der Waals surface area contributed by atoms with Crippen molar-refractivity contribution in [3.05, 3.63) is 71.9 Å². The molecule has 0 radical (unpaired) electrons. The topological polar surface area (TPSA) is 40.5 Å². The largest absolute Gasteiger partial charge is 0.489 e. The number of hydrogen-bond donors (Lipinski definition) is 0. The van der Waals surface area contributed by atoms with Crippen LogP contribution in [0.5, 0.6) is 5.75 Å². The van der Waals surface area contributed by atoms with E-state index in [0.29, 0.717) is 13.2 Å². The van der Waals surface area contributed by atoms with Crippen LogP contribution in [0.15, 0.2) is 60.7 Å². The summed E-state index contributed by atoms with van der Waals surface area (Å²) in [6.45, 7) is 2.70. The third-order valence-electron chi connectivity index (χ3n) is 3.98. The number of hydrogen-bond acceptors (Lipinski definition) is 3. The lowest BCUT2D eigenvalue weighted by molar-refractivity contribution is -0.137. The smallest absolute Gasteiger partial charge is 0.330 e. The Morgan fingerprint density at radius 2 is 1.92 bits per heavy atom. The maximum Gasteiger partial charge on any atom is 0.330 e. The first-order chi connectivity index (χ1) is 12.2. The summed E-state index contributed by atoms with van der Waals surface area (Å²) in [7, 11) is 1.97. The van der Waals surface area contributed by atoms with E-state index in [4.69, 9.17) is 9.47 Å². The van der Waals surface area contributed by atoms with Gasteiger partial charge in [-0.05, 0) is 42.8 Å². The van der Waals surface area contributed by atoms with Crippen molar-refractivity contribution in [2.24, 2.45) is 7.05 Å². The highest BCUT2D eigenvalue weighted by molar-refractivity contribution is 5.90. The molecule has 1 heterocycles. The molecule has 0 saturated heterocycles. The monoisotopic (exact) mass is 335 g/mol. The van der Waals surface area contributed by atoms with Crippen LogP contribution in [0.3, 0.4) is 0 Å². The first-order valence-electron chi connectivity index (χ1n) is 8.28. The predicted octanol–water partition coefficient (Wildman–Crippen LogP) is 4.33. The first-order valence-corrected chi connectivity index (χ1v) is 8.28.